The Hall–Kier alpha value is -2.93. The van der Waals surface area contributed by atoms with Crippen LogP contribution in [0.4, 0.5) is 5.69 Å². The first kappa shape index (κ1) is 15.0. The molecule has 0 saturated carbocycles. The minimum atomic E-state index is -0.471. The molecule has 3 aromatic rings. The highest BCUT2D eigenvalue weighted by Gasteiger charge is 2.11. The second kappa shape index (κ2) is 6.05. The SMILES string of the molecule is COc1ccc(/C=C/n2c(=O)sc3cc([N+](=O)[O-])ccc32)cc1. The molecule has 0 saturated heterocycles. The van der Waals surface area contributed by atoms with Gasteiger partial charge in [-0.15, -0.1) is 0 Å². The van der Waals surface area contributed by atoms with E-state index in [1.807, 2.05) is 24.3 Å². The van der Waals surface area contributed by atoms with Crippen molar-refractivity contribution in [2.24, 2.45) is 0 Å². The minimum Gasteiger partial charge on any atom is -0.497 e. The zero-order chi connectivity index (χ0) is 16.4. The molecule has 0 amide bonds. The van der Waals surface area contributed by atoms with Crippen LogP contribution in [0.1, 0.15) is 5.56 Å². The van der Waals surface area contributed by atoms with Crippen molar-refractivity contribution in [3.8, 4) is 5.75 Å². The number of ether oxygens (including phenoxy) is 1. The molecule has 116 valence electrons. The Morgan fingerprint density at radius 1 is 1.22 bits per heavy atom. The monoisotopic (exact) mass is 328 g/mol. The summed E-state index contributed by atoms with van der Waals surface area (Å²) in [6.45, 7) is 0. The minimum absolute atomic E-state index is 0.0231. The third kappa shape index (κ3) is 3.00. The van der Waals surface area contributed by atoms with E-state index < -0.39 is 4.92 Å². The van der Waals surface area contributed by atoms with Crippen molar-refractivity contribution >= 4 is 39.5 Å². The number of hydrogen-bond donors (Lipinski definition) is 0. The first-order chi connectivity index (χ1) is 11.1. The van der Waals surface area contributed by atoms with Crippen molar-refractivity contribution < 1.29 is 9.66 Å². The third-order valence-electron chi connectivity index (χ3n) is 3.34. The van der Waals surface area contributed by atoms with Gasteiger partial charge in [-0.25, -0.2) is 0 Å². The van der Waals surface area contributed by atoms with Crippen molar-refractivity contribution in [3.05, 3.63) is 67.8 Å². The molecule has 0 N–H and O–H groups in total. The van der Waals surface area contributed by atoms with Gasteiger partial charge in [0.25, 0.3) is 5.69 Å². The highest BCUT2D eigenvalue weighted by Crippen LogP contribution is 2.23. The number of thiazole rings is 1. The summed E-state index contributed by atoms with van der Waals surface area (Å²) in [5, 5.41) is 10.8. The molecule has 0 unspecified atom stereocenters. The van der Waals surface area contributed by atoms with Crippen LogP contribution in [0.15, 0.2) is 47.3 Å². The zero-order valence-corrected chi connectivity index (χ0v) is 12.9. The standard InChI is InChI=1S/C16H12N2O4S/c1-22-13-5-2-11(3-6-13)8-9-17-14-7-4-12(18(20)21)10-15(14)23-16(17)19/h2-10H,1H3/b9-8+. The molecule has 23 heavy (non-hydrogen) atoms. The molecule has 2 aromatic carbocycles. The van der Waals surface area contributed by atoms with Gasteiger partial charge in [0, 0.05) is 18.3 Å². The number of hydrogen-bond acceptors (Lipinski definition) is 5. The Kier molecular flexibility index (Phi) is 3.94. The van der Waals surface area contributed by atoms with E-state index in [4.69, 9.17) is 4.74 Å². The molecule has 1 heterocycles. The maximum absolute atomic E-state index is 12.1. The lowest BCUT2D eigenvalue weighted by atomic mass is 10.2. The molecular weight excluding hydrogens is 316 g/mol. The van der Waals surface area contributed by atoms with Crippen molar-refractivity contribution in [3.63, 3.8) is 0 Å². The van der Waals surface area contributed by atoms with E-state index in [0.717, 1.165) is 22.6 Å². The number of aromatic nitrogens is 1. The molecule has 3 rings (SSSR count). The Balaban J connectivity index is 1.98. The highest BCUT2D eigenvalue weighted by atomic mass is 32.1. The van der Waals surface area contributed by atoms with Crippen molar-refractivity contribution in [1.29, 1.82) is 0 Å². The number of non-ortho nitro benzene ring substituents is 1. The topological polar surface area (TPSA) is 74.4 Å². The van der Waals surface area contributed by atoms with Gasteiger partial charge >= 0.3 is 4.87 Å². The fourth-order valence-corrected chi connectivity index (χ4v) is 3.05. The number of methoxy groups -OCH3 is 1. The van der Waals surface area contributed by atoms with Crippen LogP contribution in [0.5, 0.6) is 5.75 Å². The maximum atomic E-state index is 12.1. The van der Waals surface area contributed by atoms with Crippen molar-refractivity contribution in [2.75, 3.05) is 7.11 Å². The number of benzene rings is 2. The van der Waals surface area contributed by atoms with E-state index in [9.17, 15) is 14.9 Å². The van der Waals surface area contributed by atoms with E-state index in [2.05, 4.69) is 0 Å². The largest absolute Gasteiger partial charge is 0.497 e. The second-order valence-corrected chi connectivity index (χ2v) is 5.73. The predicted molar refractivity (Wildman–Crippen MR) is 91.0 cm³/mol. The Bertz CT molecular complexity index is 954. The van der Waals surface area contributed by atoms with E-state index in [0.29, 0.717) is 10.2 Å². The lowest BCUT2D eigenvalue weighted by Gasteiger charge is -2.00. The van der Waals surface area contributed by atoms with Crippen LogP contribution >= 0.6 is 11.3 Å². The van der Waals surface area contributed by atoms with Crippen LogP contribution in [-0.2, 0) is 0 Å². The molecule has 1 aromatic heterocycles. The van der Waals surface area contributed by atoms with Crippen LogP contribution in [-0.4, -0.2) is 16.6 Å². The molecular formula is C16H12N2O4S. The van der Waals surface area contributed by atoms with Gasteiger partial charge in [-0.2, -0.15) is 0 Å². The molecule has 0 aliphatic carbocycles. The fraction of sp³-hybridized carbons (Fsp3) is 0.0625. The number of fused-ring (bicyclic) bond motifs is 1. The van der Waals surface area contributed by atoms with E-state index in [-0.39, 0.29) is 10.6 Å². The van der Waals surface area contributed by atoms with E-state index >= 15 is 0 Å². The highest BCUT2D eigenvalue weighted by molar-refractivity contribution is 7.16. The van der Waals surface area contributed by atoms with E-state index in [1.165, 1.54) is 16.7 Å². The molecule has 6 nitrogen and oxygen atoms in total. The number of rotatable bonds is 4. The molecule has 0 aliphatic rings. The summed E-state index contributed by atoms with van der Waals surface area (Å²) in [6, 6.07) is 11.8. The van der Waals surface area contributed by atoms with E-state index in [1.54, 1.807) is 25.5 Å². The molecule has 0 bridgehead atoms. The van der Waals surface area contributed by atoms with Gasteiger partial charge in [0.15, 0.2) is 0 Å². The van der Waals surface area contributed by atoms with Gasteiger partial charge in [-0.05, 0) is 29.8 Å². The van der Waals surface area contributed by atoms with Gasteiger partial charge in [-0.3, -0.25) is 19.5 Å². The molecule has 0 radical (unpaired) electrons. The van der Waals surface area contributed by atoms with Gasteiger partial charge in [0.05, 0.1) is 22.2 Å². The summed E-state index contributed by atoms with van der Waals surface area (Å²) in [4.78, 5) is 22.2. The lowest BCUT2D eigenvalue weighted by molar-refractivity contribution is -0.384. The summed E-state index contributed by atoms with van der Waals surface area (Å²) < 4.78 is 7.16. The molecule has 0 atom stereocenters. The Labute approximate surface area is 135 Å². The average molecular weight is 328 g/mol. The van der Waals surface area contributed by atoms with Crippen LogP contribution in [0.2, 0.25) is 0 Å². The molecule has 7 heteroatoms. The third-order valence-corrected chi connectivity index (χ3v) is 4.26. The Morgan fingerprint density at radius 3 is 2.61 bits per heavy atom. The molecule has 0 fully saturated rings. The summed E-state index contributed by atoms with van der Waals surface area (Å²) in [7, 11) is 1.60. The summed E-state index contributed by atoms with van der Waals surface area (Å²) in [6.07, 6.45) is 3.46. The fourth-order valence-electron chi connectivity index (χ4n) is 2.16. The van der Waals surface area contributed by atoms with Crippen LogP contribution in [0, 0.1) is 10.1 Å². The lowest BCUT2D eigenvalue weighted by Crippen LogP contribution is -2.05. The van der Waals surface area contributed by atoms with Gasteiger partial charge < -0.3 is 4.74 Å². The van der Waals surface area contributed by atoms with Crippen LogP contribution in [0.25, 0.3) is 22.5 Å². The average Bonchev–Trinajstić information content (AvgIpc) is 2.87. The molecule has 0 spiro atoms. The maximum Gasteiger partial charge on any atom is 0.312 e. The number of nitrogens with zero attached hydrogens (tertiary/aromatic N) is 2. The Morgan fingerprint density at radius 2 is 1.96 bits per heavy atom. The molecule has 0 aliphatic heterocycles. The van der Waals surface area contributed by atoms with Crippen LogP contribution < -0.4 is 9.61 Å². The predicted octanol–water partition coefficient (Wildman–Crippen LogP) is 3.61. The quantitative estimate of drug-likeness (QED) is 0.541. The van der Waals surface area contributed by atoms with Gasteiger partial charge in [-0.1, -0.05) is 23.5 Å². The van der Waals surface area contributed by atoms with Gasteiger partial charge in [0.2, 0.25) is 0 Å². The van der Waals surface area contributed by atoms with Crippen molar-refractivity contribution in [1.82, 2.24) is 4.57 Å². The van der Waals surface area contributed by atoms with Gasteiger partial charge in [0.1, 0.15) is 5.75 Å². The number of nitro benzene ring substituents is 1. The summed E-state index contributed by atoms with van der Waals surface area (Å²) >= 11 is 0.983. The second-order valence-electron chi connectivity index (χ2n) is 4.74. The summed E-state index contributed by atoms with van der Waals surface area (Å²) in [5.74, 6) is 0.757. The first-order valence-corrected chi connectivity index (χ1v) is 7.52. The summed E-state index contributed by atoms with van der Waals surface area (Å²) in [5.41, 5.74) is 1.54. The van der Waals surface area contributed by atoms with Crippen LogP contribution in [0.3, 0.4) is 0 Å². The smallest absolute Gasteiger partial charge is 0.312 e. The zero-order valence-electron chi connectivity index (χ0n) is 12.1. The number of nitro groups is 1. The van der Waals surface area contributed by atoms with Crippen molar-refractivity contribution in [2.45, 2.75) is 0 Å². The normalized spacial score (nSPS) is 11.2. The first-order valence-electron chi connectivity index (χ1n) is 6.70.